The third kappa shape index (κ3) is 3.73. The van der Waals surface area contributed by atoms with Crippen LogP contribution in [0.1, 0.15) is 18.5 Å². The molecule has 0 bridgehead atoms. The molecule has 0 unspecified atom stereocenters. The third-order valence-corrected chi connectivity index (χ3v) is 6.69. The van der Waals surface area contributed by atoms with Gasteiger partial charge < -0.3 is 5.32 Å². The zero-order valence-corrected chi connectivity index (χ0v) is 15.6. The normalized spacial score (nSPS) is 21.5. The van der Waals surface area contributed by atoms with Crippen molar-refractivity contribution in [3.8, 4) is 0 Å². The van der Waals surface area contributed by atoms with Gasteiger partial charge in [-0.25, -0.2) is 8.42 Å². The van der Waals surface area contributed by atoms with Crippen LogP contribution in [-0.4, -0.2) is 36.8 Å². The van der Waals surface area contributed by atoms with E-state index in [1.54, 1.807) is 12.1 Å². The molecule has 1 aliphatic heterocycles. The summed E-state index contributed by atoms with van der Waals surface area (Å²) in [4.78, 5) is 10.3. The van der Waals surface area contributed by atoms with Crippen molar-refractivity contribution in [2.24, 2.45) is 0 Å². The van der Waals surface area contributed by atoms with Gasteiger partial charge in [0.15, 0.2) is 0 Å². The summed E-state index contributed by atoms with van der Waals surface area (Å²) in [5, 5.41) is 14.7. The highest BCUT2D eigenvalue weighted by Crippen LogP contribution is 2.27. The summed E-state index contributed by atoms with van der Waals surface area (Å²) in [6, 6.07) is 11.8. The second-order valence-corrected chi connectivity index (χ2v) is 8.51. The van der Waals surface area contributed by atoms with E-state index in [9.17, 15) is 18.5 Å². The zero-order chi connectivity index (χ0) is 18.9. The van der Waals surface area contributed by atoms with E-state index in [1.807, 2.05) is 19.1 Å². The molecule has 2 aromatic rings. The molecule has 3 rings (SSSR count). The van der Waals surface area contributed by atoms with E-state index in [4.69, 9.17) is 11.6 Å². The van der Waals surface area contributed by atoms with Crippen LogP contribution in [0.2, 0.25) is 5.02 Å². The van der Waals surface area contributed by atoms with Gasteiger partial charge in [0, 0.05) is 42.3 Å². The van der Waals surface area contributed by atoms with Crippen LogP contribution in [0, 0.1) is 10.1 Å². The largest absolute Gasteiger partial charge is 0.307 e. The predicted molar refractivity (Wildman–Crippen MR) is 98.6 cm³/mol. The minimum absolute atomic E-state index is 0.0479. The Morgan fingerprint density at radius 2 is 1.77 bits per heavy atom. The Morgan fingerprint density at radius 1 is 1.15 bits per heavy atom. The Labute approximate surface area is 156 Å². The third-order valence-electron chi connectivity index (χ3n) is 4.44. The molecule has 1 aliphatic rings. The van der Waals surface area contributed by atoms with Crippen LogP contribution in [0.25, 0.3) is 0 Å². The van der Waals surface area contributed by atoms with Gasteiger partial charge in [-0.15, -0.1) is 0 Å². The fourth-order valence-electron chi connectivity index (χ4n) is 2.97. The number of benzene rings is 2. The molecule has 1 heterocycles. The van der Waals surface area contributed by atoms with Crippen LogP contribution in [0.15, 0.2) is 53.4 Å². The fraction of sp³-hybridized carbons (Fsp3) is 0.294. The lowest BCUT2D eigenvalue weighted by molar-refractivity contribution is -0.384. The molecule has 0 saturated carbocycles. The maximum Gasteiger partial charge on any atom is 0.269 e. The van der Waals surface area contributed by atoms with E-state index in [-0.39, 0.29) is 29.2 Å². The van der Waals surface area contributed by atoms with Crippen molar-refractivity contribution in [3.63, 3.8) is 0 Å². The Balaban J connectivity index is 1.87. The van der Waals surface area contributed by atoms with Gasteiger partial charge in [-0.2, -0.15) is 4.31 Å². The lowest BCUT2D eigenvalue weighted by Gasteiger charge is -2.38. The quantitative estimate of drug-likeness (QED) is 0.634. The molecule has 0 amide bonds. The molecule has 0 radical (unpaired) electrons. The molecule has 2 aromatic carbocycles. The monoisotopic (exact) mass is 395 g/mol. The number of nitrogens with zero attached hydrogens (tertiary/aromatic N) is 2. The summed E-state index contributed by atoms with van der Waals surface area (Å²) in [6.45, 7) is 2.59. The first-order valence-corrected chi connectivity index (χ1v) is 9.86. The average molecular weight is 396 g/mol. The predicted octanol–water partition coefficient (Wildman–Crippen LogP) is 2.97. The summed E-state index contributed by atoms with van der Waals surface area (Å²) < 4.78 is 27.5. The SMILES string of the molecule is C[C@@H]1CN[C@@H](c2ccc(Cl)cc2)CN1S(=O)(=O)c1ccc([N+](=O)[O-])cc1. The Kier molecular flexibility index (Phi) is 5.29. The molecule has 1 N–H and O–H groups in total. The summed E-state index contributed by atoms with van der Waals surface area (Å²) in [5.41, 5.74) is 0.807. The number of sulfonamides is 1. The maximum absolute atomic E-state index is 13.0. The van der Waals surface area contributed by atoms with Crippen molar-refractivity contribution < 1.29 is 13.3 Å². The number of piperazine rings is 1. The molecule has 0 aromatic heterocycles. The molecule has 0 spiro atoms. The number of hydrogen-bond donors (Lipinski definition) is 1. The van der Waals surface area contributed by atoms with Gasteiger partial charge in [-0.1, -0.05) is 23.7 Å². The summed E-state index contributed by atoms with van der Waals surface area (Å²) >= 11 is 5.92. The second kappa shape index (κ2) is 7.32. The highest BCUT2D eigenvalue weighted by atomic mass is 35.5. The average Bonchev–Trinajstić information content (AvgIpc) is 2.63. The van der Waals surface area contributed by atoms with Crippen LogP contribution in [0.3, 0.4) is 0 Å². The van der Waals surface area contributed by atoms with Gasteiger partial charge in [0.25, 0.3) is 5.69 Å². The Morgan fingerprint density at radius 3 is 2.35 bits per heavy atom. The number of nitro groups is 1. The molecule has 26 heavy (non-hydrogen) atoms. The number of rotatable bonds is 4. The van der Waals surface area contributed by atoms with Crippen molar-refractivity contribution in [1.82, 2.24) is 9.62 Å². The van der Waals surface area contributed by atoms with Crippen LogP contribution in [-0.2, 0) is 10.0 Å². The summed E-state index contributed by atoms with van der Waals surface area (Å²) in [6.07, 6.45) is 0. The van der Waals surface area contributed by atoms with Crippen LogP contribution >= 0.6 is 11.6 Å². The van der Waals surface area contributed by atoms with E-state index in [2.05, 4.69) is 5.32 Å². The van der Waals surface area contributed by atoms with Gasteiger partial charge in [0.1, 0.15) is 0 Å². The lowest BCUT2D eigenvalue weighted by Crippen LogP contribution is -2.53. The second-order valence-electron chi connectivity index (χ2n) is 6.19. The van der Waals surface area contributed by atoms with Crippen LogP contribution in [0.5, 0.6) is 0 Å². The van der Waals surface area contributed by atoms with Crippen molar-refractivity contribution >= 4 is 27.3 Å². The zero-order valence-electron chi connectivity index (χ0n) is 14.0. The van der Waals surface area contributed by atoms with E-state index in [1.165, 1.54) is 28.6 Å². The minimum atomic E-state index is -3.76. The highest BCUT2D eigenvalue weighted by molar-refractivity contribution is 7.89. The minimum Gasteiger partial charge on any atom is -0.307 e. The van der Waals surface area contributed by atoms with E-state index in [0.29, 0.717) is 11.6 Å². The number of non-ortho nitro benzene ring substituents is 1. The number of halogens is 1. The maximum atomic E-state index is 13.0. The number of nitrogens with one attached hydrogen (secondary N) is 1. The smallest absolute Gasteiger partial charge is 0.269 e. The molecule has 9 heteroatoms. The molecule has 138 valence electrons. The molecule has 2 atom stereocenters. The van der Waals surface area contributed by atoms with Gasteiger partial charge in [0.05, 0.1) is 9.82 Å². The first-order valence-electron chi connectivity index (χ1n) is 8.04. The van der Waals surface area contributed by atoms with Crippen molar-refractivity contribution in [2.45, 2.75) is 23.9 Å². The number of nitro benzene ring substituents is 1. The van der Waals surface area contributed by atoms with E-state index >= 15 is 0 Å². The van der Waals surface area contributed by atoms with E-state index in [0.717, 1.165) is 5.56 Å². The molecule has 0 aliphatic carbocycles. The topological polar surface area (TPSA) is 92.6 Å². The van der Waals surface area contributed by atoms with Crippen LogP contribution in [0.4, 0.5) is 5.69 Å². The fourth-order valence-corrected chi connectivity index (χ4v) is 4.74. The standard InChI is InChI=1S/C17H18ClN3O4S/c1-12-10-19-17(13-2-4-14(18)5-3-13)11-20(12)26(24,25)16-8-6-15(7-9-16)21(22)23/h2-9,12,17,19H,10-11H2,1H3/t12-,17-/m1/s1. The summed E-state index contributed by atoms with van der Waals surface area (Å²) in [7, 11) is -3.76. The molecule has 1 saturated heterocycles. The molecule has 7 nitrogen and oxygen atoms in total. The van der Waals surface area contributed by atoms with Gasteiger partial charge >= 0.3 is 0 Å². The van der Waals surface area contributed by atoms with Gasteiger partial charge in [-0.3, -0.25) is 10.1 Å². The van der Waals surface area contributed by atoms with Crippen molar-refractivity contribution in [3.05, 3.63) is 69.2 Å². The first kappa shape index (κ1) is 18.8. The van der Waals surface area contributed by atoms with Crippen molar-refractivity contribution in [2.75, 3.05) is 13.1 Å². The Hall–Kier alpha value is -2.00. The molecular weight excluding hydrogens is 378 g/mol. The van der Waals surface area contributed by atoms with Crippen LogP contribution < -0.4 is 5.32 Å². The first-order chi connectivity index (χ1) is 12.3. The lowest BCUT2D eigenvalue weighted by atomic mass is 10.0. The summed E-state index contributed by atoms with van der Waals surface area (Å²) in [5.74, 6) is 0. The number of hydrogen-bond acceptors (Lipinski definition) is 5. The van der Waals surface area contributed by atoms with E-state index < -0.39 is 14.9 Å². The van der Waals surface area contributed by atoms with Gasteiger partial charge in [-0.05, 0) is 36.8 Å². The van der Waals surface area contributed by atoms with Gasteiger partial charge in [0.2, 0.25) is 10.0 Å². The molecular formula is C17H18ClN3O4S. The highest BCUT2D eigenvalue weighted by Gasteiger charge is 2.35. The van der Waals surface area contributed by atoms with Crippen molar-refractivity contribution in [1.29, 1.82) is 0 Å². The Bertz CT molecular complexity index is 901. The molecule has 1 fully saturated rings.